The lowest BCUT2D eigenvalue weighted by Crippen LogP contribution is -2.21. The van der Waals surface area contributed by atoms with E-state index in [2.05, 4.69) is 19.2 Å². The summed E-state index contributed by atoms with van der Waals surface area (Å²) in [5, 5.41) is 11.8. The van der Waals surface area contributed by atoms with E-state index in [9.17, 15) is 0 Å². The van der Waals surface area contributed by atoms with Crippen LogP contribution in [0.2, 0.25) is 0 Å². The van der Waals surface area contributed by atoms with Crippen LogP contribution in [-0.2, 0) is 0 Å². The van der Waals surface area contributed by atoms with Gasteiger partial charge in [-0.3, -0.25) is 0 Å². The predicted molar refractivity (Wildman–Crippen MR) is 48.6 cm³/mol. The number of hydrogen-bond donors (Lipinski definition) is 2. The Hall–Kier alpha value is -0.340. The van der Waals surface area contributed by atoms with Crippen LogP contribution in [0, 0.1) is 5.92 Å². The number of hydrogen-bond acceptors (Lipinski definition) is 2. The summed E-state index contributed by atoms with van der Waals surface area (Å²) in [6, 6.07) is 0. The lowest BCUT2D eigenvalue weighted by atomic mass is 10.2. The molecule has 0 aromatic heterocycles. The molecule has 2 nitrogen and oxygen atoms in total. The third kappa shape index (κ3) is 7.56. The molecule has 0 saturated heterocycles. The Morgan fingerprint density at radius 2 is 2.18 bits per heavy atom. The Bertz CT molecular complexity index is 119. The molecule has 2 N–H and O–H groups in total. The maximum Gasteiger partial charge on any atom is 0.0615 e. The number of aliphatic hydroxyl groups is 1. The van der Waals surface area contributed by atoms with E-state index in [1.54, 1.807) is 0 Å². The van der Waals surface area contributed by atoms with Crippen molar-refractivity contribution in [1.29, 1.82) is 0 Å². The molecule has 0 atom stereocenters. The van der Waals surface area contributed by atoms with E-state index in [1.807, 2.05) is 13.0 Å². The van der Waals surface area contributed by atoms with Gasteiger partial charge in [-0.15, -0.1) is 0 Å². The van der Waals surface area contributed by atoms with E-state index >= 15 is 0 Å². The fourth-order valence-corrected chi connectivity index (χ4v) is 0.786. The fourth-order valence-electron chi connectivity index (χ4n) is 0.786. The molecular formula is C9H19NO. The second-order valence-corrected chi connectivity index (χ2v) is 3.26. The van der Waals surface area contributed by atoms with Crippen LogP contribution in [0.25, 0.3) is 0 Å². The van der Waals surface area contributed by atoms with Crippen molar-refractivity contribution in [3.05, 3.63) is 11.6 Å². The molecule has 0 radical (unpaired) electrons. The molecule has 0 aromatic rings. The SMILES string of the molecule is C/C(=C/CO)CNCC(C)C. The predicted octanol–water partition coefficient (Wildman–Crippen LogP) is 1.17. The topological polar surface area (TPSA) is 32.3 Å². The van der Waals surface area contributed by atoms with Gasteiger partial charge in [0.2, 0.25) is 0 Å². The summed E-state index contributed by atoms with van der Waals surface area (Å²) in [5.41, 5.74) is 1.20. The van der Waals surface area contributed by atoms with E-state index in [1.165, 1.54) is 5.57 Å². The van der Waals surface area contributed by atoms with Gasteiger partial charge in [0.25, 0.3) is 0 Å². The molecule has 11 heavy (non-hydrogen) atoms. The second-order valence-electron chi connectivity index (χ2n) is 3.26. The Kier molecular flexibility index (Phi) is 6.18. The van der Waals surface area contributed by atoms with Crippen molar-refractivity contribution in [2.24, 2.45) is 5.92 Å². The summed E-state index contributed by atoms with van der Waals surface area (Å²) in [6.45, 7) is 8.45. The minimum absolute atomic E-state index is 0.148. The largest absolute Gasteiger partial charge is 0.392 e. The zero-order valence-electron chi connectivity index (χ0n) is 7.72. The summed E-state index contributed by atoms with van der Waals surface area (Å²) in [6.07, 6.45) is 1.83. The highest BCUT2D eigenvalue weighted by atomic mass is 16.2. The Labute approximate surface area is 69.3 Å². The van der Waals surface area contributed by atoms with Crippen molar-refractivity contribution in [3.8, 4) is 0 Å². The molecule has 0 aliphatic carbocycles. The first-order valence-corrected chi connectivity index (χ1v) is 4.14. The average Bonchev–Trinajstić information content (AvgIpc) is 1.87. The zero-order chi connectivity index (χ0) is 8.69. The van der Waals surface area contributed by atoms with Crippen LogP contribution in [-0.4, -0.2) is 24.8 Å². The molecule has 0 bridgehead atoms. The van der Waals surface area contributed by atoms with Gasteiger partial charge in [0.15, 0.2) is 0 Å². The zero-order valence-corrected chi connectivity index (χ0v) is 7.72. The maximum atomic E-state index is 8.54. The number of aliphatic hydroxyl groups excluding tert-OH is 1. The third-order valence-electron chi connectivity index (χ3n) is 1.40. The van der Waals surface area contributed by atoms with Crippen LogP contribution in [0.4, 0.5) is 0 Å². The first-order valence-electron chi connectivity index (χ1n) is 4.14. The highest BCUT2D eigenvalue weighted by Gasteiger charge is 1.92. The van der Waals surface area contributed by atoms with Gasteiger partial charge in [-0.25, -0.2) is 0 Å². The van der Waals surface area contributed by atoms with Gasteiger partial charge in [0, 0.05) is 6.54 Å². The average molecular weight is 157 g/mol. The summed E-state index contributed by atoms with van der Waals surface area (Å²) < 4.78 is 0. The monoisotopic (exact) mass is 157 g/mol. The van der Waals surface area contributed by atoms with Gasteiger partial charge in [-0.2, -0.15) is 0 Å². The Morgan fingerprint density at radius 1 is 1.55 bits per heavy atom. The Balaban J connectivity index is 3.31. The number of rotatable bonds is 5. The van der Waals surface area contributed by atoms with Crippen LogP contribution < -0.4 is 5.32 Å². The molecule has 0 rings (SSSR count). The van der Waals surface area contributed by atoms with E-state index in [4.69, 9.17) is 5.11 Å². The molecule has 0 saturated carbocycles. The van der Waals surface area contributed by atoms with Gasteiger partial charge < -0.3 is 10.4 Å². The number of nitrogens with one attached hydrogen (secondary N) is 1. The van der Waals surface area contributed by atoms with Gasteiger partial charge in [-0.1, -0.05) is 25.5 Å². The molecule has 0 aliphatic rings. The lowest BCUT2D eigenvalue weighted by molar-refractivity contribution is 0.341. The van der Waals surface area contributed by atoms with E-state index in [-0.39, 0.29) is 6.61 Å². The molecule has 0 fully saturated rings. The molecular weight excluding hydrogens is 138 g/mol. The minimum atomic E-state index is 0.148. The molecule has 66 valence electrons. The summed E-state index contributed by atoms with van der Waals surface area (Å²) in [4.78, 5) is 0. The molecule has 2 heteroatoms. The normalized spacial score (nSPS) is 12.6. The van der Waals surface area contributed by atoms with E-state index < -0.39 is 0 Å². The standard InChI is InChI=1S/C9H19NO/c1-8(2)6-10-7-9(3)4-5-11/h4,8,10-11H,5-7H2,1-3H3/b9-4-. The highest BCUT2D eigenvalue weighted by molar-refractivity contribution is 4.99. The van der Waals surface area contributed by atoms with Crippen molar-refractivity contribution in [2.45, 2.75) is 20.8 Å². The van der Waals surface area contributed by atoms with Crippen LogP contribution in [0.5, 0.6) is 0 Å². The minimum Gasteiger partial charge on any atom is -0.392 e. The lowest BCUT2D eigenvalue weighted by Gasteiger charge is -2.06. The van der Waals surface area contributed by atoms with Crippen LogP contribution in [0.3, 0.4) is 0 Å². The van der Waals surface area contributed by atoms with Crippen molar-refractivity contribution in [3.63, 3.8) is 0 Å². The van der Waals surface area contributed by atoms with Gasteiger partial charge in [0.1, 0.15) is 0 Å². The fraction of sp³-hybridized carbons (Fsp3) is 0.778. The second kappa shape index (κ2) is 6.38. The summed E-state index contributed by atoms with van der Waals surface area (Å²) in [7, 11) is 0. The van der Waals surface area contributed by atoms with Gasteiger partial charge >= 0.3 is 0 Å². The molecule has 0 unspecified atom stereocenters. The quantitative estimate of drug-likeness (QED) is 0.587. The van der Waals surface area contributed by atoms with E-state index in [0.29, 0.717) is 5.92 Å². The molecule has 0 heterocycles. The van der Waals surface area contributed by atoms with Crippen molar-refractivity contribution >= 4 is 0 Å². The van der Waals surface area contributed by atoms with Gasteiger partial charge in [-0.05, 0) is 19.4 Å². The summed E-state index contributed by atoms with van der Waals surface area (Å²) in [5.74, 6) is 0.692. The summed E-state index contributed by atoms with van der Waals surface area (Å²) >= 11 is 0. The van der Waals surface area contributed by atoms with Crippen LogP contribution >= 0.6 is 0 Å². The molecule has 0 spiro atoms. The van der Waals surface area contributed by atoms with Gasteiger partial charge in [0.05, 0.1) is 6.61 Å². The first kappa shape index (κ1) is 10.7. The van der Waals surface area contributed by atoms with Crippen molar-refractivity contribution in [2.75, 3.05) is 19.7 Å². The van der Waals surface area contributed by atoms with E-state index in [0.717, 1.165) is 13.1 Å². The molecule has 0 aliphatic heterocycles. The molecule has 0 amide bonds. The highest BCUT2D eigenvalue weighted by Crippen LogP contribution is 1.91. The smallest absolute Gasteiger partial charge is 0.0615 e. The third-order valence-corrected chi connectivity index (χ3v) is 1.40. The first-order chi connectivity index (χ1) is 5.16. The molecule has 0 aromatic carbocycles. The Morgan fingerprint density at radius 3 is 2.64 bits per heavy atom. The van der Waals surface area contributed by atoms with Crippen molar-refractivity contribution in [1.82, 2.24) is 5.32 Å². The van der Waals surface area contributed by atoms with Crippen LogP contribution in [0.1, 0.15) is 20.8 Å². The maximum absolute atomic E-state index is 8.54. The van der Waals surface area contributed by atoms with Crippen molar-refractivity contribution < 1.29 is 5.11 Å². The van der Waals surface area contributed by atoms with Crippen LogP contribution in [0.15, 0.2) is 11.6 Å².